The molecule has 4 nitrogen and oxygen atoms in total. The maximum absolute atomic E-state index is 10.7. The van der Waals surface area contributed by atoms with Gasteiger partial charge >= 0.3 is 11.9 Å². The molecule has 0 aromatic heterocycles. The summed E-state index contributed by atoms with van der Waals surface area (Å²) in [6.07, 6.45) is 0.519. The second-order valence-electron chi connectivity index (χ2n) is 2.47. The van der Waals surface area contributed by atoms with E-state index in [0.717, 1.165) is 0 Å². The van der Waals surface area contributed by atoms with Gasteiger partial charge in [-0.25, -0.2) is 0 Å². The van der Waals surface area contributed by atoms with Gasteiger partial charge in [-0.05, 0) is 13.3 Å². The molecule has 0 aliphatic carbocycles. The van der Waals surface area contributed by atoms with Crippen LogP contribution in [-0.4, -0.2) is 17.7 Å². The molecule has 0 aliphatic rings. The third-order valence-electron chi connectivity index (χ3n) is 1.08. The number of carbonyl (C=O) groups excluding carboxylic acids is 3. The van der Waals surface area contributed by atoms with E-state index in [0.29, 0.717) is 6.42 Å². The van der Waals surface area contributed by atoms with Crippen molar-refractivity contribution in [3.8, 4) is 0 Å². The summed E-state index contributed by atoms with van der Waals surface area (Å²) >= 11 is 0. The Balaban J connectivity index is 3.69. The van der Waals surface area contributed by atoms with E-state index in [2.05, 4.69) is 4.74 Å². The Morgan fingerprint density at radius 3 is 2.17 bits per heavy atom. The van der Waals surface area contributed by atoms with Gasteiger partial charge in [0.05, 0.1) is 0 Å². The molecule has 4 heteroatoms. The van der Waals surface area contributed by atoms with Crippen LogP contribution >= 0.6 is 0 Å². The van der Waals surface area contributed by atoms with Gasteiger partial charge in [0.1, 0.15) is 12.2 Å². The van der Waals surface area contributed by atoms with Crippen LogP contribution < -0.4 is 0 Å². The van der Waals surface area contributed by atoms with Gasteiger partial charge in [-0.2, -0.15) is 0 Å². The summed E-state index contributed by atoms with van der Waals surface area (Å²) in [6, 6.07) is 0. The van der Waals surface area contributed by atoms with E-state index in [1.807, 2.05) is 0 Å². The second kappa shape index (κ2) is 5.46. The number of ketones is 1. The highest BCUT2D eigenvalue weighted by Gasteiger charge is 2.10. The summed E-state index contributed by atoms with van der Waals surface area (Å²) in [5, 5.41) is 0. The van der Waals surface area contributed by atoms with E-state index < -0.39 is 11.9 Å². The summed E-state index contributed by atoms with van der Waals surface area (Å²) < 4.78 is 4.30. The molecule has 0 amide bonds. The smallest absolute Gasteiger partial charge is 0.320 e. The van der Waals surface area contributed by atoms with E-state index in [1.165, 1.54) is 6.92 Å². The Bertz CT molecular complexity index is 195. The Morgan fingerprint density at radius 1 is 1.17 bits per heavy atom. The van der Waals surface area contributed by atoms with Crippen LogP contribution in [-0.2, 0) is 19.1 Å². The van der Waals surface area contributed by atoms with Gasteiger partial charge in [-0.1, -0.05) is 6.92 Å². The lowest BCUT2D eigenvalue weighted by atomic mass is 10.3. The van der Waals surface area contributed by atoms with Gasteiger partial charge in [0.25, 0.3) is 0 Å². The lowest BCUT2D eigenvalue weighted by molar-refractivity contribution is -0.159. The van der Waals surface area contributed by atoms with Crippen molar-refractivity contribution in [2.24, 2.45) is 0 Å². The molecule has 68 valence electrons. The summed E-state index contributed by atoms with van der Waals surface area (Å²) in [4.78, 5) is 31.7. The molecular weight excluding hydrogens is 160 g/mol. The average Bonchev–Trinajstić information content (AvgIpc) is 1.84. The molecule has 0 radical (unpaired) electrons. The summed E-state index contributed by atoms with van der Waals surface area (Å²) in [5.41, 5.74) is 0. The first kappa shape index (κ1) is 10.8. The van der Waals surface area contributed by atoms with Crippen LogP contribution in [0.5, 0.6) is 0 Å². The quantitative estimate of drug-likeness (QED) is 0.465. The molecule has 0 N–H and O–H groups in total. The van der Waals surface area contributed by atoms with Crippen molar-refractivity contribution in [1.29, 1.82) is 0 Å². The zero-order valence-electron chi connectivity index (χ0n) is 7.25. The topological polar surface area (TPSA) is 60.4 Å². The zero-order valence-corrected chi connectivity index (χ0v) is 7.25. The molecule has 0 saturated carbocycles. The average molecular weight is 172 g/mol. The van der Waals surface area contributed by atoms with Crippen molar-refractivity contribution < 1.29 is 19.1 Å². The molecule has 0 bridgehead atoms. The highest BCUT2D eigenvalue weighted by molar-refractivity contribution is 5.98. The predicted molar refractivity (Wildman–Crippen MR) is 41.3 cm³/mol. The molecule has 0 unspecified atom stereocenters. The van der Waals surface area contributed by atoms with Crippen LogP contribution in [0, 0.1) is 0 Å². The third-order valence-corrected chi connectivity index (χ3v) is 1.08. The van der Waals surface area contributed by atoms with E-state index in [9.17, 15) is 14.4 Å². The maximum atomic E-state index is 10.7. The number of carbonyl (C=O) groups is 3. The molecule has 0 fully saturated rings. The number of hydrogen-bond acceptors (Lipinski definition) is 4. The van der Waals surface area contributed by atoms with Gasteiger partial charge < -0.3 is 4.74 Å². The highest BCUT2D eigenvalue weighted by Crippen LogP contribution is 1.94. The molecule has 0 rings (SSSR count). The van der Waals surface area contributed by atoms with E-state index in [-0.39, 0.29) is 18.6 Å². The molecule has 0 aliphatic heterocycles. The van der Waals surface area contributed by atoms with Crippen molar-refractivity contribution in [1.82, 2.24) is 0 Å². The molecule has 0 aromatic rings. The van der Waals surface area contributed by atoms with Crippen LogP contribution in [0.2, 0.25) is 0 Å². The first-order valence-electron chi connectivity index (χ1n) is 3.79. The minimum atomic E-state index is -0.763. The lowest BCUT2D eigenvalue weighted by Crippen LogP contribution is -2.14. The fourth-order valence-corrected chi connectivity index (χ4v) is 0.621. The SMILES string of the molecule is CCCC(=O)OC(=O)CC(C)=O. The fourth-order valence-electron chi connectivity index (χ4n) is 0.621. The number of hydrogen-bond donors (Lipinski definition) is 0. The molecule has 0 atom stereocenters. The number of rotatable bonds is 4. The second-order valence-corrected chi connectivity index (χ2v) is 2.47. The summed E-state index contributed by atoms with van der Waals surface area (Å²) in [6.45, 7) is 3.07. The molecule has 0 heterocycles. The van der Waals surface area contributed by atoms with Gasteiger partial charge in [-0.15, -0.1) is 0 Å². The van der Waals surface area contributed by atoms with Crippen molar-refractivity contribution in [2.75, 3.05) is 0 Å². The van der Waals surface area contributed by atoms with Gasteiger partial charge in [0, 0.05) is 6.42 Å². The predicted octanol–water partition coefficient (Wildman–Crippen LogP) is 0.835. The van der Waals surface area contributed by atoms with Gasteiger partial charge in [0.15, 0.2) is 0 Å². The third kappa shape index (κ3) is 5.58. The van der Waals surface area contributed by atoms with Gasteiger partial charge in [-0.3, -0.25) is 14.4 Å². The van der Waals surface area contributed by atoms with Crippen LogP contribution in [0.15, 0.2) is 0 Å². The Labute approximate surface area is 70.9 Å². The molecule has 12 heavy (non-hydrogen) atoms. The monoisotopic (exact) mass is 172 g/mol. The van der Waals surface area contributed by atoms with Crippen molar-refractivity contribution >= 4 is 17.7 Å². The molecule has 0 saturated heterocycles. The molecule has 0 spiro atoms. The lowest BCUT2D eigenvalue weighted by Gasteiger charge is -1.98. The van der Waals surface area contributed by atoms with Crippen LogP contribution in [0.3, 0.4) is 0 Å². The number of ether oxygens (including phenoxy) is 1. The molecule has 0 aromatic carbocycles. The molecular formula is C8H12O4. The van der Waals surface area contributed by atoms with Gasteiger partial charge in [0.2, 0.25) is 0 Å². The largest absolute Gasteiger partial charge is 0.393 e. The normalized spacial score (nSPS) is 9.17. The Morgan fingerprint density at radius 2 is 1.75 bits per heavy atom. The van der Waals surface area contributed by atoms with Crippen LogP contribution in [0.1, 0.15) is 33.1 Å². The zero-order chi connectivity index (χ0) is 9.56. The van der Waals surface area contributed by atoms with E-state index >= 15 is 0 Å². The first-order chi connectivity index (χ1) is 5.56. The number of esters is 2. The number of Topliss-reactive ketones (excluding diaryl/α,β-unsaturated/α-hetero) is 1. The standard InChI is InChI=1S/C8H12O4/c1-3-4-7(10)12-8(11)5-6(2)9/h3-5H2,1-2H3. The van der Waals surface area contributed by atoms with Crippen LogP contribution in [0.4, 0.5) is 0 Å². The van der Waals surface area contributed by atoms with Crippen molar-refractivity contribution in [2.45, 2.75) is 33.1 Å². The fraction of sp³-hybridized carbons (Fsp3) is 0.625. The Kier molecular flexibility index (Phi) is 4.92. The highest BCUT2D eigenvalue weighted by atomic mass is 16.6. The minimum Gasteiger partial charge on any atom is -0.393 e. The maximum Gasteiger partial charge on any atom is 0.320 e. The van der Waals surface area contributed by atoms with E-state index in [4.69, 9.17) is 0 Å². The van der Waals surface area contributed by atoms with Crippen LogP contribution in [0.25, 0.3) is 0 Å². The van der Waals surface area contributed by atoms with Crippen molar-refractivity contribution in [3.63, 3.8) is 0 Å². The minimum absolute atomic E-state index is 0.212. The summed E-state index contributed by atoms with van der Waals surface area (Å²) in [7, 11) is 0. The first-order valence-corrected chi connectivity index (χ1v) is 3.79. The Hall–Kier alpha value is -1.19. The van der Waals surface area contributed by atoms with Crippen molar-refractivity contribution in [3.05, 3.63) is 0 Å². The van der Waals surface area contributed by atoms with E-state index in [1.54, 1.807) is 6.92 Å². The summed E-state index contributed by atoms with van der Waals surface area (Å²) in [5.74, 6) is -1.63.